The second kappa shape index (κ2) is 9.11. The molecule has 2 aromatic carbocycles. The van der Waals surface area contributed by atoms with Gasteiger partial charge < -0.3 is 14.8 Å². The van der Waals surface area contributed by atoms with Gasteiger partial charge in [-0.1, -0.05) is 23.7 Å². The van der Waals surface area contributed by atoms with Crippen molar-refractivity contribution >= 4 is 29.2 Å². The van der Waals surface area contributed by atoms with Crippen LogP contribution in [0.2, 0.25) is 5.02 Å². The fourth-order valence-corrected chi connectivity index (χ4v) is 3.57. The van der Waals surface area contributed by atoms with Crippen molar-refractivity contribution < 1.29 is 19.1 Å². The minimum atomic E-state index is -0.670. The van der Waals surface area contributed by atoms with Crippen molar-refractivity contribution in [3.8, 4) is 5.75 Å². The van der Waals surface area contributed by atoms with Crippen LogP contribution in [0.5, 0.6) is 5.75 Å². The number of halogens is 1. The Labute approximate surface area is 170 Å². The topological polar surface area (TPSA) is 64.6 Å². The van der Waals surface area contributed by atoms with Gasteiger partial charge in [0, 0.05) is 5.69 Å². The number of fused-ring (bicyclic) bond motifs is 1. The molecule has 1 aliphatic carbocycles. The standard InChI is InChI=1S/C22H24ClNO4/c1-3-27-22(26)18-12-11-16(13-19(18)23)24-21(25)14(2)28-20-10-6-8-15-7-4-5-9-17(15)20/h6,8,10-14H,3-5,7,9H2,1-2H3,(H,24,25)/t14-/m1/s1. The van der Waals surface area contributed by atoms with E-state index < -0.39 is 12.1 Å². The van der Waals surface area contributed by atoms with E-state index in [4.69, 9.17) is 21.1 Å². The van der Waals surface area contributed by atoms with Crippen LogP contribution < -0.4 is 10.1 Å². The molecule has 0 radical (unpaired) electrons. The first-order chi connectivity index (χ1) is 13.5. The van der Waals surface area contributed by atoms with E-state index in [1.165, 1.54) is 29.7 Å². The Hall–Kier alpha value is -2.53. The number of nitrogens with one attached hydrogen (secondary N) is 1. The number of esters is 1. The van der Waals surface area contributed by atoms with E-state index in [0.717, 1.165) is 25.0 Å². The fraction of sp³-hybridized carbons (Fsp3) is 0.364. The summed E-state index contributed by atoms with van der Waals surface area (Å²) in [5.74, 6) is -0.000153. The molecule has 0 saturated carbocycles. The third-order valence-corrected chi connectivity index (χ3v) is 5.07. The molecule has 0 unspecified atom stereocenters. The molecule has 1 N–H and O–H groups in total. The van der Waals surface area contributed by atoms with Crippen LogP contribution in [-0.4, -0.2) is 24.6 Å². The molecule has 0 aliphatic heterocycles. The van der Waals surface area contributed by atoms with Gasteiger partial charge in [-0.05, 0) is 74.9 Å². The van der Waals surface area contributed by atoms with Crippen LogP contribution in [0.3, 0.4) is 0 Å². The first-order valence-corrected chi connectivity index (χ1v) is 9.92. The molecule has 0 aromatic heterocycles. The number of carbonyl (C=O) groups excluding carboxylic acids is 2. The number of hydrogen-bond acceptors (Lipinski definition) is 4. The molecule has 0 saturated heterocycles. The summed E-state index contributed by atoms with van der Waals surface area (Å²) in [5.41, 5.74) is 3.27. The summed E-state index contributed by atoms with van der Waals surface area (Å²) in [6, 6.07) is 10.7. The van der Waals surface area contributed by atoms with Crippen molar-refractivity contribution in [3.63, 3.8) is 0 Å². The molecule has 2 aromatic rings. The van der Waals surface area contributed by atoms with Gasteiger partial charge in [0.15, 0.2) is 6.10 Å². The van der Waals surface area contributed by atoms with E-state index in [-0.39, 0.29) is 23.1 Å². The van der Waals surface area contributed by atoms with Crippen LogP contribution in [0.25, 0.3) is 0 Å². The highest BCUT2D eigenvalue weighted by atomic mass is 35.5. The number of hydrogen-bond donors (Lipinski definition) is 1. The number of anilines is 1. The van der Waals surface area contributed by atoms with E-state index >= 15 is 0 Å². The maximum Gasteiger partial charge on any atom is 0.339 e. The number of rotatable bonds is 6. The van der Waals surface area contributed by atoms with Crippen LogP contribution in [0.4, 0.5) is 5.69 Å². The monoisotopic (exact) mass is 401 g/mol. The van der Waals surface area contributed by atoms with Crippen molar-refractivity contribution in [2.75, 3.05) is 11.9 Å². The summed E-state index contributed by atoms with van der Waals surface area (Å²) in [7, 11) is 0. The van der Waals surface area contributed by atoms with Crippen molar-refractivity contribution in [1.82, 2.24) is 0 Å². The van der Waals surface area contributed by atoms with Crippen molar-refractivity contribution in [2.45, 2.75) is 45.6 Å². The molecule has 5 nitrogen and oxygen atoms in total. The summed E-state index contributed by atoms with van der Waals surface area (Å²) >= 11 is 6.15. The van der Waals surface area contributed by atoms with Crippen molar-refractivity contribution in [3.05, 3.63) is 58.1 Å². The summed E-state index contributed by atoms with van der Waals surface area (Å²) < 4.78 is 10.9. The van der Waals surface area contributed by atoms with Gasteiger partial charge in [-0.25, -0.2) is 4.79 Å². The van der Waals surface area contributed by atoms with Crippen LogP contribution in [0, 0.1) is 0 Å². The summed E-state index contributed by atoms with van der Waals surface area (Å²) in [6.45, 7) is 3.71. The molecule has 0 bridgehead atoms. The third-order valence-electron chi connectivity index (χ3n) is 4.76. The lowest BCUT2D eigenvalue weighted by atomic mass is 9.91. The van der Waals surface area contributed by atoms with E-state index in [1.54, 1.807) is 19.9 Å². The Balaban J connectivity index is 1.66. The number of benzene rings is 2. The normalized spacial score (nSPS) is 14.0. The molecule has 0 spiro atoms. The van der Waals surface area contributed by atoms with E-state index in [0.29, 0.717) is 5.69 Å². The lowest BCUT2D eigenvalue weighted by Gasteiger charge is -2.22. The second-order valence-corrected chi connectivity index (χ2v) is 7.17. The van der Waals surface area contributed by atoms with Gasteiger partial charge in [0.1, 0.15) is 5.75 Å². The minimum absolute atomic E-state index is 0.224. The highest BCUT2D eigenvalue weighted by Gasteiger charge is 2.20. The summed E-state index contributed by atoms with van der Waals surface area (Å²) in [6.07, 6.45) is 3.69. The molecule has 28 heavy (non-hydrogen) atoms. The minimum Gasteiger partial charge on any atom is -0.481 e. The smallest absolute Gasteiger partial charge is 0.339 e. The van der Waals surface area contributed by atoms with Gasteiger partial charge in [0.25, 0.3) is 5.91 Å². The third kappa shape index (κ3) is 4.65. The first-order valence-electron chi connectivity index (χ1n) is 9.54. The molecule has 1 amide bonds. The van der Waals surface area contributed by atoms with Gasteiger partial charge in [-0.2, -0.15) is 0 Å². The fourth-order valence-electron chi connectivity index (χ4n) is 3.31. The van der Waals surface area contributed by atoms with Crippen LogP contribution in [-0.2, 0) is 22.4 Å². The maximum absolute atomic E-state index is 12.5. The van der Waals surface area contributed by atoms with Gasteiger partial charge >= 0.3 is 5.97 Å². The van der Waals surface area contributed by atoms with Crippen LogP contribution >= 0.6 is 11.6 Å². The van der Waals surface area contributed by atoms with Gasteiger partial charge in [0.05, 0.1) is 17.2 Å². The summed E-state index contributed by atoms with van der Waals surface area (Å²) in [5, 5.41) is 3.00. The van der Waals surface area contributed by atoms with Gasteiger partial charge in [-0.3, -0.25) is 4.79 Å². The van der Waals surface area contributed by atoms with Crippen LogP contribution in [0.1, 0.15) is 48.2 Å². The average Bonchev–Trinajstić information content (AvgIpc) is 2.68. The summed E-state index contributed by atoms with van der Waals surface area (Å²) in [4.78, 5) is 24.4. The molecule has 1 atom stereocenters. The van der Waals surface area contributed by atoms with Gasteiger partial charge in [-0.15, -0.1) is 0 Å². The highest BCUT2D eigenvalue weighted by molar-refractivity contribution is 6.34. The Morgan fingerprint density at radius 1 is 1.18 bits per heavy atom. The van der Waals surface area contributed by atoms with Gasteiger partial charge in [0.2, 0.25) is 0 Å². The molecule has 148 valence electrons. The molecule has 1 aliphatic rings. The molecule has 0 heterocycles. The lowest BCUT2D eigenvalue weighted by molar-refractivity contribution is -0.122. The largest absolute Gasteiger partial charge is 0.481 e. The number of amides is 1. The first kappa shape index (κ1) is 20.2. The Morgan fingerprint density at radius 3 is 2.71 bits per heavy atom. The van der Waals surface area contributed by atoms with Crippen molar-refractivity contribution in [2.24, 2.45) is 0 Å². The maximum atomic E-state index is 12.5. The van der Waals surface area contributed by atoms with E-state index in [9.17, 15) is 9.59 Å². The van der Waals surface area contributed by atoms with E-state index in [2.05, 4.69) is 11.4 Å². The highest BCUT2D eigenvalue weighted by Crippen LogP contribution is 2.30. The zero-order valence-corrected chi connectivity index (χ0v) is 16.8. The molecule has 3 rings (SSSR count). The molecular weight excluding hydrogens is 378 g/mol. The quantitative estimate of drug-likeness (QED) is 0.706. The molecule has 6 heteroatoms. The Bertz CT molecular complexity index is 881. The number of carbonyl (C=O) groups is 2. The molecule has 0 fully saturated rings. The molecular formula is C22H24ClNO4. The Kier molecular flexibility index (Phi) is 6.57. The predicted molar refractivity (Wildman–Crippen MR) is 109 cm³/mol. The lowest BCUT2D eigenvalue weighted by Crippen LogP contribution is -2.30. The average molecular weight is 402 g/mol. The second-order valence-electron chi connectivity index (χ2n) is 6.77. The zero-order chi connectivity index (χ0) is 20.1. The predicted octanol–water partition coefficient (Wildman–Crippen LogP) is 4.80. The number of ether oxygens (including phenoxy) is 2. The Morgan fingerprint density at radius 2 is 1.96 bits per heavy atom. The van der Waals surface area contributed by atoms with E-state index in [1.807, 2.05) is 12.1 Å². The van der Waals surface area contributed by atoms with Crippen molar-refractivity contribution in [1.29, 1.82) is 0 Å². The SMILES string of the molecule is CCOC(=O)c1ccc(NC(=O)[C@@H](C)Oc2cccc3c2CCCC3)cc1Cl. The zero-order valence-electron chi connectivity index (χ0n) is 16.1. The number of aryl methyl sites for hydroxylation is 1. The van der Waals surface area contributed by atoms with Crippen LogP contribution in [0.15, 0.2) is 36.4 Å².